The minimum Gasteiger partial charge on any atom is -0.321 e. The third-order valence-electron chi connectivity index (χ3n) is 3.46. The van der Waals surface area contributed by atoms with Crippen LogP contribution in [0, 0.1) is 12.7 Å². The second-order valence-electron chi connectivity index (χ2n) is 5.43. The van der Waals surface area contributed by atoms with Crippen LogP contribution >= 0.6 is 23.2 Å². The summed E-state index contributed by atoms with van der Waals surface area (Å²) < 4.78 is 15.6. The van der Waals surface area contributed by atoms with Gasteiger partial charge >= 0.3 is 0 Å². The lowest BCUT2D eigenvalue weighted by molar-refractivity contribution is 0.460. The van der Waals surface area contributed by atoms with Crippen LogP contribution in [-0.4, -0.2) is 9.78 Å². The van der Waals surface area contributed by atoms with Gasteiger partial charge in [-0.15, -0.1) is 0 Å². The number of nitrogens with zero attached hydrogens (tertiary/aromatic N) is 2. The van der Waals surface area contributed by atoms with Crippen molar-refractivity contribution in [2.75, 3.05) is 0 Å². The lowest BCUT2D eigenvalue weighted by atomic mass is 9.88. The van der Waals surface area contributed by atoms with Gasteiger partial charge in [0.1, 0.15) is 5.82 Å². The van der Waals surface area contributed by atoms with Crippen LogP contribution in [0.4, 0.5) is 4.39 Å². The Labute approximate surface area is 133 Å². The number of nitrogens with two attached hydrogens (primary N) is 1. The van der Waals surface area contributed by atoms with Crippen LogP contribution in [0.15, 0.2) is 18.2 Å². The van der Waals surface area contributed by atoms with Gasteiger partial charge in [0.15, 0.2) is 0 Å². The van der Waals surface area contributed by atoms with Gasteiger partial charge in [-0.25, -0.2) is 4.39 Å². The summed E-state index contributed by atoms with van der Waals surface area (Å²) in [6.45, 7) is 6.52. The lowest BCUT2D eigenvalue weighted by Crippen LogP contribution is -2.36. The van der Waals surface area contributed by atoms with Crippen LogP contribution in [-0.2, 0) is 18.5 Å². The molecule has 0 aliphatic rings. The van der Waals surface area contributed by atoms with Gasteiger partial charge in [0.05, 0.1) is 10.7 Å². The molecule has 0 saturated carbocycles. The van der Waals surface area contributed by atoms with Gasteiger partial charge in [-0.1, -0.05) is 23.2 Å². The molecular weight excluding hydrogens is 312 g/mol. The SMILES string of the molecule is CCn1nc(C)cc1CC(C)(N)c1cc(F)c(Cl)cc1Cl. The van der Waals surface area contributed by atoms with Crippen molar-refractivity contribution in [2.24, 2.45) is 5.73 Å². The number of aryl methyl sites for hydroxylation is 2. The largest absolute Gasteiger partial charge is 0.321 e. The fraction of sp³-hybridized carbons (Fsp3) is 0.400. The molecule has 2 N–H and O–H groups in total. The summed E-state index contributed by atoms with van der Waals surface area (Å²) in [4.78, 5) is 0. The number of aromatic nitrogens is 2. The average Bonchev–Trinajstić information content (AvgIpc) is 2.72. The second kappa shape index (κ2) is 5.95. The molecule has 3 nitrogen and oxygen atoms in total. The Kier molecular flexibility index (Phi) is 4.61. The summed E-state index contributed by atoms with van der Waals surface area (Å²) in [7, 11) is 0. The van der Waals surface area contributed by atoms with Crippen LogP contribution in [0.3, 0.4) is 0 Å². The van der Waals surface area contributed by atoms with Crippen molar-refractivity contribution in [3.8, 4) is 0 Å². The van der Waals surface area contributed by atoms with Crippen molar-refractivity contribution in [2.45, 2.75) is 39.3 Å². The smallest absolute Gasteiger partial charge is 0.142 e. The van der Waals surface area contributed by atoms with E-state index >= 15 is 0 Å². The Morgan fingerprint density at radius 3 is 2.57 bits per heavy atom. The zero-order valence-corrected chi connectivity index (χ0v) is 13.8. The summed E-state index contributed by atoms with van der Waals surface area (Å²) in [5, 5.41) is 4.75. The molecule has 1 aromatic heterocycles. The van der Waals surface area contributed by atoms with Crippen molar-refractivity contribution < 1.29 is 4.39 Å². The predicted octanol–water partition coefficient (Wildman–Crippen LogP) is 4.07. The zero-order chi connectivity index (χ0) is 15.8. The number of rotatable bonds is 4. The van der Waals surface area contributed by atoms with Crippen LogP contribution in [0.2, 0.25) is 10.0 Å². The van der Waals surface area contributed by atoms with E-state index in [-0.39, 0.29) is 5.02 Å². The molecule has 2 aromatic rings. The van der Waals surface area contributed by atoms with Crippen molar-refractivity contribution in [1.29, 1.82) is 0 Å². The lowest BCUT2D eigenvalue weighted by Gasteiger charge is -2.27. The van der Waals surface area contributed by atoms with Gasteiger partial charge < -0.3 is 5.73 Å². The first kappa shape index (κ1) is 16.3. The molecule has 114 valence electrons. The van der Waals surface area contributed by atoms with Crippen LogP contribution < -0.4 is 5.73 Å². The highest BCUT2D eigenvalue weighted by Gasteiger charge is 2.27. The topological polar surface area (TPSA) is 43.8 Å². The van der Waals surface area contributed by atoms with E-state index in [1.54, 1.807) is 0 Å². The Morgan fingerprint density at radius 1 is 1.29 bits per heavy atom. The fourth-order valence-electron chi connectivity index (χ4n) is 2.45. The van der Waals surface area contributed by atoms with E-state index < -0.39 is 11.4 Å². The molecule has 1 atom stereocenters. The summed E-state index contributed by atoms with van der Waals surface area (Å²) in [5.74, 6) is -0.520. The highest BCUT2D eigenvalue weighted by Crippen LogP contribution is 2.33. The number of hydrogen-bond acceptors (Lipinski definition) is 2. The minimum atomic E-state index is -0.818. The molecule has 0 amide bonds. The van der Waals surface area contributed by atoms with Crippen molar-refractivity contribution >= 4 is 23.2 Å². The molecule has 6 heteroatoms. The van der Waals surface area contributed by atoms with Crippen LogP contribution in [0.5, 0.6) is 0 Å². The molecule has 0 bridgehead atoms. The van der Waals surface area contributed by atoms with E-state index in [4.69, 9.17) is 28.9 Å². The normalized spacial score (nSPS) is 14.2. The molecule has 0 aliphatic heterocycles. The van der Waals surface area contributed by atoms with Gasteiger partial charge in [0, 0.05) is 29.2 Å². The minimum absolute atomic E-state index is 0.00556. The van der Waals surface area contributed by atoms with Crippen molar-refractivity contribution in [3.63, 3.8) is 0 Å². The molecule has 1 heterocycles. The number of benzene rings is 1. The van der Waals surface area contributed by atoms with Crippen molar-refractivity contribution in [1.82, 2.24) is 9.78 Å². The summed E-state index contributed by atoms with van der Waals surface area (Å²) >= 11 is 11.9. The monoisotopic (exact) mass is 329 g/mol. The van der Waals surface area contributed by atoms with Gasteiger partial charge in [0.2, 0.25) is 0 Å². The predicted molar refractivity (Wildman–Crippen MR) is 84.3 cm³/mol. The first-order valence-electron chi connectivity index (χ1n) is 6.72. The second-order valence-corrected chi connectivity index (χ2v) is 6.25. The molecule has 1 unspecified atom stereocenters. The molecule has 1 aromatic carbocycles. The Balaban J connectivity index is 2.40. The van der Waals surface area contributed by atoms with E-state index in [0.29, 0.717) is 17.0 Å². The van der Waals surface area contributed by atoms with Gasteiger partial charge in [-0.2, -0.15) is 5.10 Å². The van der Waals surface area contributed by atoms with Crippen LogP contribution in [0.25, 0.3) is 0 Å². The third kappa shape index (κ3) is 3.39. The zero-order valence-electron chi connectivity index (χ0n) is 12.3. The molecule has 0 fully saturated rings. The molecule has 21 heavy (non-hydrogen) atoms. The number of halogens is 3. The Hall–Kier alpha value is -1.10. The van der Waals surface area contributed by atoms with Gasteiger partial charge in [-0.05, 0) is 44.5 Å². The maximum Gasteiger partial charge on any atom is 0.142 e. The molecule has 0 radical (unpaired) electrons. The molecular formula is C15H18Cl2FN3. The van der Waals surface area contributed by atoms with E-state index in [1.807, 2.05) is 31.5 Å². The summed E-state index contributed by atoms with van der Waals surface area (Å²) in [5.41, 5.74) is 8.02. The van der Waals surface area contributed by atoms with E-state index in [2.05, 4.69) is 5.10 Å². The number of hydrogen-bond donors (Lipinski definition) is 1. The Bertz CT molecular complexity index is 665. The summed E-state index contributed by atoms with van der Waals surface area (Å²) in [6, 6.07) is 4.68. The highest BCUT2D eigenvalue weighted by atomic mass is 35.5. The molecule has 0 saturated heterocycles. The average molecular weight is 330 g/mol. The molecule has 0 spiro atoms. The first-order valence-corrected chi connectivity index (χ1v) is 7.47. The van der Waals surface area contributed by atoms with Gasteiger partial charge in [0.25, 0.3) is 0 Å². The fourth-order valence-corrected chi connectivity index (χ4v) is 3.05. The van der Waals surface area contributed by atoms with Crippen molar-refractivity contribution in [3.05, 3.63) is 51.0 Å². The first-order chi connectivity index (χ1) is 9.74. The van der Waals surface area contributed by atoms with E-state index in [1.165, 1.54) is 12.1 Å². The maximum absolute atomic E-state index is 13.7. The quantitative estimate of drug-likeness (QED) is 0.859. The Morgan fingerprint density at radius 2 is 1.95 bits per heavy atom. The third-order valence-corrected chi connectivity index (χ3v) is 4.06. The van der Waals surface area contributed by atoms with E-state index in [9.17, 15) is 4.39 Å². The van der Waals surface area contributed by atoms with Crippen LogP contribution in [0.1, 0.15) is 30.8 Å². The van der Waals surface area contributed by atoms with E-state index in [0.717, 1.165) is 17.9 Å². The highest BCUT2D eigenvalue weighted by molar-refractivity contribution is 6.35. The molecule has 0 aliphatic carbocycles. The maximum atomic E-state index is 13.7. The molecule has 2 rings (SSSR count). The summed E-state index contributed by atoms with van der Waals surface area (Å²) in [6.07, 6.45) is 0.502. The standard InChI is InChI=1S/C15H18Cl2FN3/c1-4-21-10(5-9(2)20-21)8-15(3,19)11-6-14(18)13(17)7-12(11)16/h5-7H,4,8,19H2,1-3H3. The van der Waals surface area contributed by atoms with Gasteiger partial charge in [-0.3, -0.25) is 4.68 Å².